The van der Waals surface area contributed by atoms with E-state index in [2.05, 4.69) is 50.5 Å². The van der Waals surface area contributed by atoms with Crippen molar-refractivity contribution in [3.05, 3.63) is 70.2 Å². The summed E-state index contributed by atoms with van der Waals surface area (Å²) < 4.78 is 14.8. The van der Waals surface area contributed by atoms with Crippen LogP contribution >= 0.6 is 22.6 Å². The van der Waals surface area contributed by atoms with Crippen LogP contribution in [0.5, 0.6) is 11.5 Å². The largest absolute Gasteiger partial charge is 0.487 e. The Morgan fingerprint density at radius 3 is 2.61 bits per heavy atom. The zero-order valence-electron chi connectivity index (χ0n) is 19.4. The van der Waals surface area contributed by atoms with Crippen molar-refractivity contribution in [3.8, 4) is 40.5 Å². The molecule has 0 amide bonds. The average molecular weight is 587 g/mol. The van der Waals surface area contributed by atoms with Crippen LogP contribution < -0.4 is 14.4 Å². The van der Waals surface area contributed by atoms with Crippen molar-refractivity contribution in [1.82, 2.24) is 14.6 Å². The maximum atomic E-state index is 9.61. The third kappa shape index (κ3) is 4.82. The first kappa shape index (κ1) is 22.7. The topological polar surface area (TPSA) is 75.7 Å². The predicted molar refractivity (Wildman–Crippen MR) is 145 cm³/mol. The second-order valence-electron chi connectivity index (χ2n) is 8.94. The van der Waals surface area contributed by atoms with Crippen molar-refractivity contribution in [2.75, 3.05) is 24.6 Å². The number of nitrogens with zero attached hydrogens (tertiary/aromatic N) is 5. The van der Waals surface area contributed by atoms with Crippen molar-refractivity contribution in [2.24, 2.45) is 5.92 Å². The zero-order valence-corrected chi connectivity index (χ0v) is 21.6. The number of benzene rings is 1. The summed E-state index contributed by atoms with van der Waals surface area (Å²) in [5.41, 5.74) is 2.98. The minimum atomic E-state index is 0.146. The summed E-state index contributed by atoms with van der Waals surface area (Å²) in [5, 5.41) is 14.0. The van der Waals surface area contributed by atoms with Crippen LogP contribution in [0, 0.1) is 32.7 Å². The normalized spacial score (nSPS) is 15.1. The molecule has 0 atom stereocenters. The first-order chi connectivity index (χ1) is 17.7. The van der Waals surface area contributed by atoms with E-state index in [1.54, 1.807) is 16.9 Å². The molecule has 1 aliphatic carbocycles. The molecule has 4 aromatic rings. The number of hydrogen-bond donors (Lipinski definition) is 0. The molecular formula is C28H22IN5O2. The van der Waals surface area contributed by atoms with Gasteiger partial charge in [0.05, 0.1) is 36.6 Å². The molecule has 2 aliphatic rings. The number of anilines is 1. The fourth-order valence-electron chi connectivity index (χ4n) is 4.15. The van der Waals surface area contributed by atoms with Crippen LogP contribution in [0.1, 0.15) is 18.4 Å². The molecule has 7 nitrogen and oxygen atoms in total. The van der Waals surface area contributed by atoms with Gasteiger partial charge in [-0.3, -0.25) is 0 Å². The highest BCUT2D eigenvalue weighted by atomic mass is 127. The van der Waals surface area contributed by atoms with Gasteiger partial charge in [-0.05, 0) is 77.9 Å². The van der Waals surface area contributed by atoms with E-state index in [-0.39, 0.29) is 6.10 Å². The van der Waals surface area contributed by atoms with E-state index in [1.807, 2.05) is 48.7 Å². The van der Waals surface area contributed by atoms with Crippen molar-refractivity contribution >= 4 is 33.9 Å². The van der Waals surface area contributed by atoms with E-state index in [1.165, 1.54) is 16.4 Å². The van der Waals surface area contributed by atoms with E-state index < -0.39 is 0 Å². The molecule has 0 unspecified atom stereocenters. The fraction of sp³-hybridized carbons (Fsp3) is 0.250. The first-order valence-electron chi connectivity index (χ1n) is 11.8. The Morgan fingerprint density at radius 1 is 1.06 bits per heavy atom. The minimum Gasteiger partial charge on any atom is -0.487 e. The lowest BCUT2D eigenvalue weighted by atomic mass is 10.0. The number of ether oxygens (including phenoxy) is 2. The molecule has 1 aliphatic heterocycles. The maximum Gasteiger partial charge on any atom is 0.149 e. The third-order valence-electron chi connectivity index (χ3n) is 6.25. The summed E-state index contributed by atoms with van der Waals surface area (Å²) in [7, 11) is 0. The number of halogens is 1. The van der Waals surface area contributed by atoms with Gasteiger partial charge >= 0.3 is 0 Å². The van der Waals surface area contributed by atoms with Gasteiger partial charge in [-0.1, -0.05) is 11.8 Å². The second-order valence-corrected chi connectivity index (χ2v) is 10.2. The molecule has 1 saturated carbocycles. The number of fused-ring (bicyclic) bond motifs is 1. The van der Waals surface area contributed by atoms with Crippen LogP contribution in [0.3, 0.4) is 0 Å². The van der Waals surface area contributed by atoms with Gasteiger partial charge in [0.25, 0.3) is 0 Å². The minimum absolute atomic E-state index is 0.146. The number of nitriles is 1. The molecule has 0 N–H and O–H groups in total. The standard InChI is InChI=1S/C28H22IN5O2/c29-22-6-8-23(9-7-22)36-25-16-33(17-25)27-10-5-20(14-31-27)26-12-24(35-11-1-2-19-3-4-19)18-34-28(26)21(13-30)15-32-34/h5-10,12,14-15,18-19,25H,3-4,11,16-17H2. The summed E-state index contributed by atoms with van der Waals surface area (Å²) in [6.45, 7) is 1.90. The van der Waals surface area contributed by atoms with Crippen molar-refractivity contribution in [2.45, 2.75) is 18.9 Å². The highest BCUT2D eigenvalue weighted by Crippen LogP contribution is 2.32. The molecule has 36 heavy (non-hydrogen) atoms. The molecule has 1 saturated heterocycles. The van der Waals surface area contributed by atoms with Gasteiger partial charge in [0, 0.05) is 26.8 Å². The Kier molecular flexibility index (Phi) is 6.12. The molecule has 2 fully saturated rings. The maximum absolute atomic E-state index is 9.61. The van der Waals surface area contributed by atoms with Crippen LogP contribution in [0.25, 0.3) is 16.6 Å². The molecule has 0 spiro atoms. The highest BCUT2D eigenvalue weighted by molar-refractivity contribution is 14.1. The summed E-state index contributed by atoms with van der Waals surface area (Å²) in [5.74, 6) is 9.27. The summed E-state index contributed by atoms with van der Waals surface area (Å²) >= 11 is 2.29. The van der Waals surface area contributed by atoms with Gasteiger partial charge in [0.1, 0.15) is 36.1 Å². The van der Waals surface area contributed by atoms with Crippen LogP contribution in [-0.4, -0.2) is 40.4 Å². The SMILES string of the molecule is N#Cc1cnn2cc(OCC#CC3CC3)cc(-c3ccc(N4CC(Oc5ccc(I)cc5)C4)nc3)c12. The molecule has 1 aromatic carbocycles. The van der Waals surface area contributed by atoms with Gasteiger partial charge in [-0.25, -0.2) is 9.50 Å². The number of aromatic nitrogens is 3. The lowest BCUT2D eigenvalue weighted by Crippen LogP contribution is -2.54. The smallest absolute Gasteiger partial charge is 0.149 e. The molecule has 0 bridgehead atoms. The van der Waals surface area contributed by atoms with E-state index >= 15 is 0 Å². The van der Waals surface area contributed by atoms with E-state index in [0.29, 0.717) is 23.8 Å². The molecular weight excluding hydrogens is 565 g/mol. The lowest BCUT2D eigenvalue weighted by Gasteiger charge is -2.39. The molecule has 178 valence electrons. The Hall–Kier alpha value is -3.76. The predicted octanol–water partition coefficient (Wildman–Crippen LogP) is 4.93. The van der Waals surface area contributed by atoms with Gasteiger partial charge in [0.2, 0.25) is 0 Å². The first-order valence-corrected chi connectivity index (χ1v) is 12.9. The summed E-state index contributed by atoms with van der Waals surface area (Å²) in [4.78, 5) is 6.89. The second kappa shape index (κ2) is 9.71. The third-order valence-corrected chi connectivity index (χ3v) is 6.97. The van der Waals surface area contributed by atoms with Crippen LogP contribution in [0.4, 0.5) is 5.82 Å². The van der Waals surface area contributed by atoms with Gasteiger partial charge in [-0.15, -0.1) is 0 Å². The van der Waals surface area contributed by atoms with Gasteiger partial charge in [-0.2, -0.15) is 10.4 Å². The number of hydrogen-bond acceptors (Lipinski definition) is 6. The summed E-state index contributed by atoms with van der Waals surface area (Å²) in [6.07, 6.45) is 7.72. The lowest BCUT2D eigenvalue weighted by molar-refractivity contribution is 0.167. The van der Waals surface area contributed by atoms with Gasteiger partial charge < -0.3 is 14.4 Å². The highest BCUT2D eigenvalue weighted by Gasteiger charge is 2.29. The Labute approximate surface area is 222 Å². The summed E-state index contributed by atoms with van der Waals surface area (Å²) in [6, 6.07) is 16.3. The molecule has 6 rings (SSSR count). The Bertz CT molecular complexity index is 1500. The van der Waals surface area contributed by atoms with Crippen LogP contribution in [0.2, 0.25) is 0 Å². The zero-order chi connectivity index (χ0) is 24.5. The van der Waals surface area contributed by atoms with Crippen LogP contribution in [-0.2, 0) is 0 Å². The molecule has 8 heteroatoms. The van der Waals surface area contributed by atoms with Crippen LogP contribution in [0.15, 0.2) is 61.1 Å². The van der Waals surface area contributed by atoms with E-state index in [4.69, 9.17) is 14.5 Å². The van der Waals surface area contributed by atoms with Crippen molar-refractivity contribution < 1.29 is 9.47 Å². The quantitative estimate of drug-likeness (QED) is 0.235. The Balaban J connectivity index is 1.18. The van der Waals surface area contributed by atoms with Crippen molar-refractivity contribution in [1.29, 1.82) is 5.26 Å². The van der Waals surface area contributed by atoms with E-state index in [0.717, 1.165) is 41.3 Å². The number of rotatable bonds is 6. The average Bonchev–Trinajstić information content (AvgIpc) is 3.61. The molecule has 3 aromatic heterocycles. The van der Waals surface area contributed by atoms with Gasteiger partial charge in [0.15, 0.2) is 0 Å². The van der Waals surface area contributed by atoms with E-state index in [9.17, 15) is 5.26 Å². The Morgan fingerprint density at radius 2 is 1.89 bits per heavy atom. The van der Waals surface area contributed by atoms with Crippen molar-refractivity contribution in [3.63, 3.8) is 0 Å². The molecule has 0 radical (unpaired) electrons. The monoisotopic (exact) mass is 587 g/mol. The fourth-order valence-corrected chi connectivity index (χ4v) is 4.51. The molecule has 4 heterocycles. The number of pyridine rings is 2.